The second kappa shape index (κ2) is 5.72. The van der Waals surface area contributed by atoms with Gasteiger partial charge < -0.3 is 9.53 Å². The number of hydrogen-bond donors (Lipinski definition) is 1. The van der Waals surface area contributed by atoms with Crippen molar-refractivity contribution in [2.24, 2.45) is 0 Å². The summed E-state index contributed by atoms with van der Waals surface area (Å²) >= 11 is 3.38. The first kappa shape index (κ1) is 16.3. The number of carbonyl (C=O) groups is 1. The first-order valence-electron chi connectivity index (χ1n) is 6.07. The Labute approximate surface area is 123 Å². The van der Waals surface area contributed by atoms with E-state index in [-0.39, 0.29) is 10.7 Å². The second-order valence-corrected chi connectivity index (χ2v) is 11.6. The lowest BCUT2D eigenvalue weighted by Crippen LogP contribution is -2.40. The maximum atomic E-state index is 10.9. The zero-order chi connectivity index (χ0) is 14.8. The number of nitrogens with zero attached hydrogens (tertiary/aromatic N) is 1. The van der Waals surface area contributed by atoms with E-state index in [9.17, 15) is 4.79 Å². The van der Waals surface area contributed by atoms with Gasteiger partial charge in [0.25, 0.3) is 0 Å². The zero-order valence-corrected chi connectivity index (χ0v) is 14.5. The van der Waals surface area contributed by atoms with Crippen molar-refractivity contribution < 1.29 is 14.3 Å². The van der Waals surface area contributed by atoms with Crippen LogP contribution in [0, 0.1) is 0 Å². The molecule has 4 nitrogen and oxygen atoms in total. The van der Waals surface area contributed by atoms with Crippen LogP contribution in [0.5, 0.6) is 0 Å². The Morgan fingerprint density at radius 2 is 2.00 bits per heavy atom. The summed E-state index contributed by atoms with van der Waals surface area (Å²) in [6, 6.07) is 3.17. The number of halogens is 1. The molecule has 19 heavy (non-hydrogen) atoms. The minimum atomic E-state index is -1.86. The predicted octanol–water partition coefficient (Wildman–Crippen LogP) is 4.06. The molecule has 0 aromatic carbocycles. The van der Waals surface area contributed by atoms with Crippen molar-refractivity contribution in [3.63, 3.8) is 0 Å². The summed E-state index contributed by atoms with van der Waals surface area (Å²) in [5.74, 6) is -1.03. The molecule has 1 N–H and O–H groups in total. The molecule has 0 saturated carbocycles. The van der Waals surface area contributed by atoms with Gasteiger partial charge in [-0.15, -0.1) is 0 Å². The molecule has 0 aliphatic carbocycles. The normalized spacial score (nSPS) is 12.5. The third-order valence-electron chi connectivity index (χ3n) is 3.51. The monoisotopic (exact) mass is 345 g/mol. The van der Waals surface area contributed by atoms with Gasteiger partial charge in [0.05, 0.1) is 12.3 Å². The molecular formula is C13H20BrNO3Si. The average molecular weight is 346 g/mol. The lowest BCUT2D eigenvalue weighted by molar-refractivity contribution is 0.0690. The maximum Gasteiger partial charge on any atom is 0.354 e. The van der Waals surface area contributed by atoms with Crippen molar-refractivity contribution in [1.82, 2.24) is 4.98 Å². The Morgan fingerprint density at radius 3 is 2.47 bits per heavy atom. The van der Waals surface area contributed by atoms with E-state index in [0.29, 0.717) is 12.3 Å². The molecule has 0 saturated heterocycles. The SMILES string of the molecule is CC(C)(C)[Si](C)(C)OCc1nc(C(=O)O)ccc1Br. The number of carboxylic acid groups (broad SMARTS) is 1. The number of pyridine rings is 1. The molecular weight excluding hydrogens is 326 g/mol. The summed E-state index contributed by atoms with van der Waals surface area (Å²) in [6.07, 6.45) is 0. The molecule has 0 aliphatic heterocycles. The molecule has 0 bridgehead atoms. The van der Waals surface area contributed by atoms with Crippen LogP contribution in [0.1, 0.15) is 37.0 Å². The number of hydrogen-bond acceptors (Lipinski definition) is 3. The highest BCUT2D eigenvalue weighted by Gasteiger charge is 2.37. The van der Waals surface area contributed by atoms with Crippen LogP contribution in [0.2, 0.25) is 18.1 Å². The highest BCUT2D eigenvalue weighted by atomic mass is 79.9. The topological polar surface area (TPSA) is 59.4 Å². The zero-order valence-electron chi connectivity index (χ0n) is 12.0. The van der Waals surface area contributed by atoms with Crippen LogP contribution in [0.3, 0.4) is 0 Å². The van der Waals surface area contributed by atoms with Crippen molar-refractivity contribution >= 4 is 30.2 Å². The molecule has 1 rings (SSSR count). The predicted molar refractivity (Wildman–Crippen MR) is 80.9 cm³/mol. The molecule has 1 heterocycles. The molecule has 0 aliphatic rings. The van der Waals surface area contributed by atoms with Crippen molar-refractivity contribution in [3.8, 4) is 0 Å². The van der Waals surface area contributed by atoms with E-state index in [1.807, 2.05) is 0 Å². The Hall–Kier alpha value is -0.723. The minimum Gasteiger partial charge on any atom is -0.477 e. The van der Waals surface area contributed by atoms with Crippen molar-refractivity contribution in [1.29, 1.82) is 0 Å². The lowest BCUT2D eigenvalue weighted by atomic mass is 10.2. The molecule has 1 aromatic rings. The molecule has 0 spiro atoms. The molecule has 0 fully saturated rings. The summed E-state index contributed by atoms with van der Waals surface area (Å²) in [6.45, 7) is 11.1. The van der Waals surface area contributed by atoms with Crippen molar-refractivity contribution in [2.45, 2.75) is 45.5 Å². The molecule has 0 unspecified atom stereocenters. The fourth-order valence-electron chi connectivity index (χ4n) is 1.17. The van der Waals surface area contributed by atoms with Gasteiger partial charge in [0.15, 0.2) is 8.32 Å². The highest BCUT2D eigenvalue weighted by molar-refractivity contribution is 9.10. The molecule has 1 aromatic heterocycles. The minimum absolute atomic E-state index is 0.0389. The summed E-state index contributed by atoms with van der Waals surface area (Å²) in [5.41, 5.74) is 0.668. The van der Waals surface area contributed by atoms with Crippen LogP contribution in [-0.2, 0) is 11.0 Å². The van der Waals surface area contributed by atoms with E-state index < -0.39 is 14.3 Å². The number of aromatic carboxylic acids is 1. The number of carboxylic acids is 1. The van der Waals surface area contributed by atoms with Gasteiger partial charge in [-0.05, 0) is 46.2 Å². The summed E-state index contributed by atoms with van der Waals surface area (Å²) in [5, 5.41) is 9.06. The molecule has 0 radical (unpaired) electrons. The third kappa shape index (κ3) is 4.12. The lowest BCUT2D eigenvalue weighted by Gasteiger charge is -2.36. The van der Waals surface area contributed by atoms with E-state index in [1.54, 1.807) is 6.07 Å². The largest absolute Gasteiger partial charge is 0.477 e. The molecule has 0 atom stereocenters. The summed E-state index contributed by atoms with van der Waals surface area (Å²) < 4.78 is 6.82. The average Bonchev–Trinajstić information content (AvgIpc) is 2.26. The fourth-order valence-corrected chi connectivity index (χ4v) is 2.44. The van der Waals surface area contributed by atoms with E-state index in [0.717, 1.165) is 4.47 Å². The highest BCUT2D eigenvalue weighted by Crippen LogP contribution is 2.37. The summed E-state index contributed by atoms with van der Waals surface area (Å²) in [4.78, 5) is 15.0. The summed E-state index contributed by atoms with van der Waals surface area (Å²) in [7, 11) is -1.86. The van der Waals surface area contributed by atoms with Gasteiger partial charge in [-0.25, -0.2) is 9.78 Å². The van der Waals surface area contributed by atoms with Gasteiger partial charge in [-0.1, -0.05) is 20.8 Å². The van der Waals surface area contributed by atoms with Gasteiger partial charge >= 0.3 is 5.97 Å². The van der Waals surface area contributed by atoms with Gasteiger partial charge in [-0.2, -0.15) is 0 Å². The van der Waals surface area contributed by atoms with Crippen molar-refractivity contribution in [3.05, 3.63) is 28.0 Å². The van der Waals surface area contributed by atoms with Gasteiger partial charge in [0.2, 0.25) is 0 Å². The number of rotatable bonds is 4. The first-order chi connectivity index (χ1) is 8.54. The van der Waals surface area contributed by atoms with Crippen LogP contribution in [0.25, 0.3) is 0 Å². The van der Waals surface area contributed by atoms with E-state index in [4.69, 9.17) is 9.53 Å². The Balaban J connectivity index is 2.89. The van der Waals surface area contributed by atoms with Gasteiger partial charge in [0, 0.05) is 4.47 Å². The van der Waals surface area contributed by atoms with Crippen LogP contribution in [-0.4, -0.2) is 24.4 Å². The van der Waals surface area contributed by atoms with E-state index in [1.165, 1.54) is 6.07 Å². The fraction of sp³-hybridized carbons (Fsp3) is 0.538. The standard InChI is InChI=1S/C13H20BrNO3Si/c1-13(2,3)19(4,5)18-8-11-9(14)6-7-10(15-11)12(16)17/h6-7H,8H2,1-5H3,(H,16,17). The Morgan fingerprint density at radius 1 is 1.42 bits per heavy atom. The third-order valence-corrected chi connectivity index (χ3v) is 8.71. The Bertz CT molecular complexity index is 483. The maximum absolute atomic E-state index is 10.9. The van der Waals surface area contributed by atoms with Crippen LogP contribution < -0.4 is 0 Å². The molecule has 0 amide bonds. The van der Waals surface area contributed by atoms with Gasteiger partial charge in [0.1, 0.15) is 5.69 Å². The van der Waals surface area contributed by atoms with Crippen molar-refractivity contribution in [2.75, 3.05) is 0 Å². The molecule has 106 valence electrons. The number of aromatic nitrogens is 1. The van der Waals surface area contributed by atoms with Crippen LogP contribution in [0.15, 0.2) is 16.6 Å². The van der Waals surface area contributed by atoms with E-state index in [2.05, 4.69) is 54.8 Å². The van der Waals surface area contributed by atoms with E-state index >= 15 is 0 Å². The second-order valence-electron chi connectivity index (χ2n) is 5.98. The smallest absolute Gasteiger partial charge is 0.354 e. The van der Waals surface area contributed by atoms with Crippen LogP contribution in [0.4, 0.5) is 0 Å². The van der Waals surface area contributed by atoms with Gasteiger partial charge in [-0.3, -0.25) is 0 Å². The Kier molecular flexibility index (Phi) is 4.92. The first-order valence-corrected chi connectivity index (χ1v) is 9.77. The quantitative estimate of drug-likeness (QED) is 0.835. The molecule has 6 heteroatoms. The van der Waals surface area contributed by atoms with Crippen LogP contribution >= 0.6 is 15.9 Å².